The summed E-state index contributed by atoms with van der Waals surface area (Å²) in [5, 5.41) is 2.05. The first-order valence-corrected chi connectivity index (χ1v) is 9.94. The lowest BCUT2D eigenvalue weighted by Crippen LogP contribution is -1.83. The molecule has 126 valence electrons. The molecule has 0 atom stereocenters. The summed E-state index contributed by atoms with van der Waals surface area (Å²) in [5.74, 6) is 0. The standard InChI is InChI=1S/C21H15N3S2/c1-12-5-10-16-18(11-12)25-21(23-16)15-3-2-4-17-19(15)26-20(24-17)13-6-8-14(22)9-7-13/h2-11H,22H2,1H3. The van der Waals surface area contributed by atoms with Crippen molar-refractivity contribution in [2.45, 2.75) is 6.92 Å². The van der Waals surface area contributed by atoms with E-state index >= 15 is 0 Å². The maximum Gasteiger partial charge on any atom is 0.126 e. The summed E-state index contributed by atoms with van der Waals surface area (Å²) >= 11 is 3.44. The van der Waals surface area contributed by atoms with Gasteiger partial charge in [0.05, 0.1) is 20.4 Å². The fraction of sp³-hybridized carbons (Fsp3) is 0.0476. The van der Waals surface area contributed by atoms with Crippen LogP contribution in [-0.2, 0) is 0 Å². The molecule has 0 radical (unpaired) electrons. The van der Waals surface area contributed by atoms with E-state index in [1.807, 2.05) is 24.3 Å². The zero-order chi connectivity index (χ0) is 17.7. The molecule has 5 heteroatoms. The molecule has 0 aliphatic heterocycles. The number of aryl methyl sites for hydroxylation is 1. The van der Waals surface area contributed by atoms with Crippen molar-refractivity contribution in [1.82, 2.24) is 9.97 Å². The summed E-state index contributed by atoms with van der Waals surface area (Å²) in [6, 6.07) is 20.5. The minimum Gasteiger partial charge on any atom is -0.399 e. The molecular formula is C21H15N3S2. The van der Waals surface area contributed by atoms with Crippen LogP contribution in [0.3, 0.4) is 0 Å². The summed E-state index contributed by atoms with van der Waals surface area (Å²) in [4.78, 5) is 9.67. The molecule has 2 heterocycles. The fourth-order valence-electron chi connectivity index (χ4n) is 3.01. The van der Waals surface area contributed by atoms with Gasteiger partial charge in [-0.1, -0.05) is 18.2 Å². The van der Waals surface area contributed by atoms with Crippen LogP contribution in [0, 0.1) is 6.92 Å². The van der Waals surface area contributed by atoms with E-state index in [0.29, 0.717) is 0 Å². The van der Waals surface area contributed by atoms with Gasteiger partial charge in [-0.15, -0.1) is 22.7 Å². The molecule has 0 amide bonds. The Labute approximate surface area is 158 Å². The van der Waals surface area contributed by atoms with Crippen molar-refractivity contribution in [3.63, 3.8) is 0 Å². The number of fused-ring (bicyclic) bond motifs is 2. The number of rotatable bonds is 2. The highest BCUT2D eigenvalue weighted by molar-refractivity contribution is 7.24. The Kier molecular flexibility index (Phi) is 3.51. The van der Waals surface area contributed by atoms with E-state index in [-0.39, 0.29) is 0 Å². The summed E-state index contributed by atoms with van der Waals surface area (Å²) < 4.78 is 2.40. The van der Waals surface area contributed by atoms with Crippen molar-refractivity contribution in [2.75, 3.05) is 5.73 Å². The number of hydrogen-bond acceptors (Lipinski definition) is 5. The molecule has 0 aliphatic rings. The van der Waals surface area contributed by atoms with Gasteiger partial charge < -0.3 is 5.73 Å². The van der Waals surface area contributed by atoms with E-state index in [2.05, 4.69) is 43.3 Å². The number of thiazole rings is 2. The number of nitrogens with zero attached hydrogens (tertiary/aromatic N) is 2. The predicted molar refractivity (Wildman–Crippen MR) is 113 cm³/mol. The average Bonchev–Trinajstić information content (AvgIpc) is 3.25. The Morgan fingerprint density at radius 1 is 0.808 bits per heavy atom. The lowest BCUT2D eigenvalue weighted by molar-refractivity contribution is 1.45. The fourth-order valence-corrected chi connectivity index (χ4v) is 5.26. The number of benzene rings is 3. The number of hydrogen-bond donors (Lipinski definition) is 1. The lowest BCUT2D eigenvalue weighted by atomic mass is 10.2. The molecule has 0 unspecified atom stereocenters. The van der Waals surface area contributed by atoms with E-state index in [1.165, 1.54) is 15.0 Å². The van der Waals surface area contributed by atoms with Gasteiger partial charge in [-0.3, -0.25) is 0 Å². The molecule has 0 spiro atoms. The SMILES string of the molecule is Cc1ccc2nc(-c3cccc4nc(-c5ccc(N)cc5)sc34)sc2c1. The third kappa shape index (κ3) is 2.57. The van der Waals surface area contributed by atoms with Gasteiger partial charge in [-0.2, -0.15) is 0 Å². The van der Waals surface area contributed by atoms with Crippen LogP contribution in [-0.4, -0.2) is 9.97 Å². The molecule has 0 saturated carbocycles. The first-order chi connectivity index (χ1) is 12.7. The van der Waals surface area contributed by atoms with E-state index < -0.39 is 0 Å². The van der Waals surface area contributed by atoms with Crippen LogP contribution in [0.25, 0.3) is 41.6 Å². The summed E-state index contributed by atoms with van der Waals surface area (Å²) in [5.41, 5.74) is 12.1. The van der Waals surface area contributed by atoms with Crippen LogP contribution >= 0.6 is 22.7 Å². The third-order valence-corrected chi connectivity index (χ3v) is 6.55. The molecule has 3 nitrogen and oxygen atoms in total. The van der Waals surface area contributed by atoms with E-state index in [4.69, 9.17) is 15.7 Å². The van der Waals surface area contributed by atoms with Gasteiger partial charge in [0.2, 0.25) is 0 Å². The highest BCUT2D eigenvalue weighted by Gasteiger charge is 2.14. The van der Waals surface area contributed by atoms with Gasteiger partial charge >= 0.3 is 0 Å². The van der Waals surface area contributed by atoms with Gasteiger partial charge in [-0.25, -0.2) is 9.97 Å². The Hall–Kier alpha value is -2.76. The number of nitrogens with two attached hydrogens (primary N) is 1. The largest absolute Gasteiger partial charge is 0.399 e. The van der Waals surface area contributed by atoms with E-state index in [0.717, 1.165) is 37.9 Å². The molecule has 0 saturated heterocycles. The number of nitrogen functional groups attached to an aromatic ring is 1. The van der Waals surface area contributed by atoms with Crippen LogP contribution in [0.15, 0.2) is 60.7 Å². The van der Waals surface area contributed by atoms with Gasteiger partial charge in [0.25, 0.3) is 0 Å². The Morgan fingerprint density at radius 2 is 1.62 bits per heavy atom. The first-order valence-electron chi connectivity index (χ1n) is 8.30. The lowest BCUT2D eigenvalue weighted by Gasteiger charge is -1.97. The van der Waals surface area contributed by atoms with Crippen LogP contribution in [0.4, 0.5) is 5.69 Å². The molecule has 0 fully saturated rings. The van der Waals surface area contributed by atoms with Crippen molar-refractivity contribution in [1.29, 1.82) is 0 Å². The van der Waals surface area contributed by atoms with Crippen LogP contribution in [0.1, 0.15) is 5.56 Å². The second-order valence-electron chi connectivity index (χ2n) is 6.29. The zero-order valence-corrected chi connectivity index (χ0v) is 15.7. The van der Waals surface area contributed by atoms with Crippen molar-refractivity contribution < 1.29 is 0 Å². The van der Waals surface area contributed by atoms with E-state index in [9.17, 15) is 0 Å². The average molecular weight is 374 g/mol. The Bertz CT molecular complexity index is 1250. The topological polar surface area (TPSA) is 51.8 Å². The molecule has 0 aliphatic carbocycles. The van der Waals surface area contributed by atoms with Gasteiger partial charge in [0.1, 0.15) is 10.0 Å². The Balaban J connectivity index is 1.68. The van der Waals surface area contributed by atoms with Crippen LogP contribution in [0.5, 0.6) is 0 Å². The first kappa shape index (κ1) is 15.5. The second kappa shape index (κ2) is 5.90. The highest BCUT2D eigenvalue weighted by Crippen LogP contribution is 2.39. The second-order valence-corrected chi connectivity index (χ2v) is 8.31. The quantitative estimate of drug-likeness (QED) is 0.379. The van der Waals surface area contributed by atoms with Gasteiger partial charge in [-0.05, 0) is 55.0 Å². The maximum absolute atomic E-state index is 5.80. The highest BCUT2D eigenvalue weighted by atomic mass is 32.1. The molecule has 2 N–H and O–H groups in total. The third-order valence-electron chi connectivity index (χ3n) is 4.35. The van der Waals surface area contributed by atoms with Crippen molar-refractivity contribution in [3.8, 4) is 21.1 Å². The van der Waals surface area contributed by atoms with Crippen LogP contribution < -0.4 is 5.73 Å². The normalized spacial score (nSPS) is 11.4. The molecule has 3 aromatic carbocycles. The number of aromatic nitrogens is 2. The molecule has 5 aromatic rings. The molecule has 2 aromatic heterocycles. The van der Waals surface area contributed by atoms with Crippen LogP contribution in [0.2, 0.25) is 0 Å². The zero-order valence-electron chi connectivity index (χ0n) is 14.1. The predicted octanol–water partition coefficient (Wildman–Crippen LogP) is 6.13. The molecular weight excluding hydrogens is 358 g/mol. The summed E-state index contributed by atoms with van der Waals surface area (Å²) in [7, 11) is 0. The van der Waals surface area contributed by atoms with Crippen molar-refractivity contribution in [2.24, 2.45) is 0 Å². The van der Waals surface area contributed by atoms with Crippen molar-refractivity contribution >= 4 is 48.8 Å². The maximum atomic E-state index is 5.80. The summed E-state index contributed by atoms with van der Waals surface area (Å²) in [6.07, 6.45) is 0. The minimum absolute atomic E-state index is 0.764. The Morgan fingerprint density at radius 3 is 2.46 bits per heavy atom. The van der Waals surface area contributed by atoms with Gasteiger partial charge in [0.15, 0.2) is 0 Å². The molecule has 0 bridgehead atoms. The van der Waals surface area contributed by atoms with E-state index in [1.54, 1.807) is 22.7 Å². The van der Waals surface area contributed by atoms with Gasteiger partial charge in [0, 0.05) is 16.8 Å². The number of anilines is 1. The van der Waals surface area contributed by atoms with Crippen molar-refractivity contribution in [3.05, 3.63) is 66.2 Å². The molecule has 5 rings (SSSR count). The smallest absolute Gasteiger partial charge is 0.126 e. The minimum atomic E-state index is 0.764. The molecule has 26 heavy (non-hydrogen) atoms. The monoisotopic (exact) mass is 373 g/mol. The summed E-state index contributed by atoms with van der Waals surface area (Å²) in [6.45, 7) is 2.11.